The van der Waals surface area contributed by atoms with Gasteiger partial charge in [0.15, 0.2) is 0 Å². The van der Waals surface area contributed by atoms with Gasteiger partial charge in [-0.05, 0) is 31.2 Å². The lowest BCUT2D eigenvalue weighted by molar-refractivity contribution is -0.131. The fraction of sp³-hybridized carbons (Fsp3) is 0.105. The molecular formula is C19H15N5O3. The monoisotopic (exact) mass is 361 g/mol. The number of para-hydroxylation sites is 1. The molecule has 2 aliphatic rings. The first-order valence-electron chi connectivity index (χ1n) is 8.29. The van der Waals surface area contributed by atoms with Crippen LogP contribution in [0.2, 0.25) is 0 Å². The number of amides is 3. The summed E-state index contributed by atoms with van der Waals surface area (Å²) in [6, 6.07) is 16.1. The normalized spacial score (nSPS) is 16.0. The SMILES string of the molecule is Cc1ccc(N2N=C(C(=O)Nc3ccccc3)N3C(=O)CC(=O)N=C32)cc1. The maximum atomic E-state index is 12.7. The first-order valence-corrected chi connectivity index (χ1v) is 8.29. The molecule has 8 nitrogen and oxygen atoms in total. The number of guanidine groups is 1. The van der Waals surface area contributed by atoms with Gasteiger partial charge in [-0.3, -0.25) is 14.4 Å². The van der Waals surface area contributed by atoms with E-state index in [9.17, 15) is 14.4 Å². The molecule has 0 unspecified atom stereocenters. The molecule has 0 aromatic heterocycles. The smallest absolute Gasteiger partial charge is 0.294 e. The summed E-state index contributed by atoms with van der Waals surface area (Å²) in [6.07, 6.45) is -0.400. The van der Waals surface area contributed by atoms with E-state index in [1.807, 2.05) is 25.1 Å². The van der Waals surface area contributed by atoms with Crippen LogP contribution in [-0.2, 0) is 14.4 Å². The van der Waals surface area contributed by atoms with Crippen LogP contribution >= 0.6 is 0 Å². The van der Waals surface area contributed by atoms with Gasteiger partial charge >= 0.3 is 0 Å². The Morgan fingerprint density at radius 1 is 1.04 bits per heavy atom. The van der Waals surface area contributed by atoms with Crippen molar-refractivity contribution in [3.8, 4) is 0 Å². The highest BCUT2D eigenvalue weighted by Gasteiger charge is 2.43. The lowest BCUT2D eigenvalue weighted by Crippen LogP contribution is -2.49. The van der Waals surface area contributed by atoms with E-state index < -0.39 is 24.1 Å². The van der Waals surface area contributed by atoms with Crippen LogP contribution in [0.3, 0.4) is 0 Å². The Balaban J connectivity index is 1.73. The summed E-state index contributed by atoms with van der Waals surface area (Å²) in [5, 5.41) is 8.30. The first-order chi connectivity index (χ1) is 13.0. The highest BCUT2D eigenvalue weighted by Crippen LogP contribution is 2.25. The number of aliphatic imine (C=N–C) groups is 1. The molecule has 0 saturated heterocycles. The average Bonchev–Trinajstić information content (AvgIpc) is 3.03. The van der Waals surface area contributed by atoms with Crippen LogP contribution in [0.5, 0.6) is 0 Å². The largest absolute Gasteiger partial charge is 0.319 e. The standard InChI is InChI=1S/C19H15N5O3/c1-12-7-9-14(10-8-12)24-19-21-15(25)11-16(26)23(19)17(22-24)18(27)20-13-5-3-2-4-6-13/h2-10H,11H2,1H3,(H,20,27). The maximum absolute atomic E-state index is 12.7. The zero-order chi connectivity index (χ0) is 19.0. The van der Waals surface area contributed by atoms with Crippen molar-refractivity contribution in [1.29, 1.82) is 0 Å². The molecule has 0 aliphatic carbocycles. The van der Waals surface area contributed by atoms with Crippen molar-refractivity contribution in [3.05, 3.63) is 60.2 Å². The molecule has 0 spiro atoms. The van der Waals surface area contributed by atoms with E-state index in [0.717, 1.165) is 10.5 Å². The van der Waals surface area contributed by atoms with E-state index in [1.54, 1.807) is 36.4 Å². The van der Waals surface area contributed by atoms with Gasteiger partial charge in [-0.25, -0.2) is 4.90 Å². The van der Waals surface area contributed by atoms with Crippen LogP contribution in [0.4, 0.5) is 11.4 Å². The Morgan fingerprint density at radius 3 is 2.44 bits per heavy atom. The van der Waals surface area contributed by atoms with E-state index in [2.05, 4.69) is 15.4 Å². The lowest BCUT2D eigenvalue weighted by atomic mass is 10.2. The number of amidine groups is 1. The van der Waals surface area contributed by atoms with Gasteiger partial charge in [-0.15, -0.1) is 5.10 Å². The van der Waals surface area contributed by atoms with Gasteiger partial charge in [-0.2, -0.15) is 10.0 Å². The molecular weight excluding hydrogens is 346 g/mol. The fourth-order valence-corrected chi connectivity index (χ4v) is 2.77. The molecule has 0 saturated carbocycles. The number of rotatable bonds is 3. The van der Waals surface area contributed by atoms with Crippen molar-refractivity contribution < 1.29 is 14.4 Å². The minimum atomic E-state index is -0.566. The van der Waals surface area contributed by atoms with Gasteiger partial charge in [-0.1, -0.05) is 35.9 Å². The molecule has 0 radical (unpaired) electrons. The minimum absolute atomic E-state index is 0.0123. The molecule has 134 valence electrons. The zero-order valence-corrected chi connectivity index (χ0v) is 14.4. The van der Waals surface area contributed by atoms with Crippen molar-refractivity contribution in [3.63, 3.8) is 0 Å². The van der Waals surface area contributed by atoms with E-state index in [1.165, 1.54) is 5.01 Å². The van der Waals surface area contributed by atoms with Crippen molar-refractivity contribution in [2.24, 2.45) is 10.1 Å². The quantitative estimate of drug-likeness (QED) is 0.845. The number of hydrogen-bond acceptors (Lipinski definition) is 5. The highest BCUT2D eigenvalue weighted by molar-refractivity contribution is 6.50. The van der Waals surface area contributed by atoms with Crippen LogP contribution in [0.1, 0.15) is 12.0 Å². The van der Waals surface area contributed by atoms with Gasteiger partial charge in [0, 0.05) is 5.69 Å². The maximum Gasteiger partial charge on any atom is 0.294 e. The number of benzene rings is 2. The predicted molar refractivity (Wildman–Crippen MR) is 100 cm³/mol. The summed E-state index contributed by atoms with van der Waals surface area (Å²) >= 11 is 0. The molecule has 2 aromatic carbocycles. The molecule has 2 heterocycles. The van der Waals surface area contributed by atoms with Crippen LogP contribution in [0.15, 0.2) is 64.7 Å². The molecule has 0 atom stereocenters. The molecule has 1 N–H and O–H groups in total. The second-order valence-corrected chi connectivity index (χ2v) is 6.10. The molecule has 2 aliphatic heterocycles. The van der Waals surface area contributed by atoms with Gasteiger partial charge in [0.25, 0.3) is 11.8 Å². The summed E-state index contributed by atoms with van der Waals surface area (Å²) in [4.78, 5) is 42.0. The molecule has 8 heteroatoms. The number of aryl methyl sites for hydroxylation is 1. The Kier molecular flexibility index (Phi) is 4.00. The number of carbonyl (C=O) groups is 3. The molecule has 4 rings (SSSR count). The Bertz CT molecular complexity index is 996. The summed E-state index contributed by atoms with van der Waals surface area (Å²) < 4.78 is 0. The number of nitrogens with zero attached hydrogens (tertiary/aromatic N) is 4. The summed E-state index contributed by atoms with van der Waals surface area (Å²) in [5.74, 6) is -1.79. The third-order valence-electron chi connectivity index (χ3n) is 4.09. The number of anilines is 2. The Morgan fingerprint density at radius 2 is 1.74 bits per heavy atom. The van der Waals surface area contributed by atoms with Crippen molar-refractivity contribution >= 4 is 40.9 Å². The van der Waals surface area contributed by atoms with Gasteiger partial charge in [0.05, 0.1) is 5.69 Å². The third-order valence-corrected chi connectivity index (χ3v) is 4.09. The topological polar surface area (TPSA) is 94.4 Å². The Hall–Kier alpha value is -3.81. The number of carbonyl (C=O) groups excluding carboxylic acids is 3. The van der Waals surface area contributed by atoms with E-state index in [4.69, 9.17) is 0 Å². The predicted octanol–water partition coefficient (Wildman–Crippen LogP) is 1.88. The minimum Gasteiger partial charge on any atom is -0.319 e. The van der Waals surface area contributed by atoms with E-state index in [0.29, 0.717) is 11.4 Å². The number of hydrazone groups is 1. The van der Waals surface area contributed by atoms with Crippen LogP contribution < -0.4 is 10.3 Å². The number of nitrogens with one attached hydrogen (secondary N) is 1. The van der Waals surface area contributed by atoms with Crippen LogP contribution in [-0.4, -0.2) is 34.4 Å². The third kappa shape index (κ3) is 3.08. The first kappa shape index (κ1) is 16.6. The van der Waals surface area contributed by atoms with Gasteiger partial charge in [0.1, 0.15) is 6.42 Å². The van der Waals surface area contributed by atoms with E-state index in [-0.39, 0.29) is 11.8 Å². The zero-order valence-electron chi connectivity index (χ0n) is 14.4. The average molecular weight is 361 g/mol. The van der Waals surface area contributed by atoms with Crippen LogP contribution in [0, 0.1) is 6.92 Å². The highest BCUT2D eigenvalue weighted by atomic mass is 16.2. The number of hydrogen-bond donors (Lipinski definition) is 1. The number of fused-ring (bicyclic) bond motifs is 1. The van der Waals surface area contributed by atoms with Crippen molar-refractivity contribution in [2.75, 3.05) is 10.3 Å². The summed E-state index contributed by atoms with van der Waals surface area (Å²) in [5.41, 5.74) is 2.20. The van der Waals surface area contributed by atoms with Crippen LogP contribution in [0.25, 0.3) is 0 Å². The van der Waals surface area contributed by atoms with Gasteiger partial charge in [0.2, 0.25) is 17.7 Å². The second-order valence-electron chi connectivity index (χ2n) is 6.10. The molecule has 0 bridgehead atoms. The molecule has 0 fully saturated rings. The lowest BCUT2D eigenvalue weighted by Gasteiger charge is -2.23. The molecule has 2 aromatic rings. The summed E-state index contributed by atoms with van der Waals surface area (Å²) in [7, 11) is 0. The molecule has 27 heavy (non-hydrogen) atoms. The van der Waals surface area contributed by atoms with Crippen molar-refractivity contribution in [1.82, 2.24) is 4.90 Å². The molecule has 3 amide bonds. The summed E-state index contributed by atoms with van der Waals surface area (Å²) in [6.45, 7) is 1.94. The van der Waals surface area contributed by atoms with Gasteiger partial charge < -0.3 is 5.32 Å². The second kappa shape index (κ2) is 6.49. The fourth-order valence-electron chi connectivity index (χ4n) is 2.77. The van der Waals surface area contributed by atoms with E-state index >= 15 is 0 Å². The van der Waals surface area contributed by atoms with Crippen molar-refractivity contribution in [2.45, 2.75) is 13.3 Å². The Labute approximate surface area is 154 Å².